The first-order valence-electron chi connectivity index (χ1n) is 13.2. The van der Waals surface area contributed by atoms with Crippen molar-refractivity contribution in [3.63, 3.8) is 0 Å². The molecular weight excluding hydrogens is 548 g/mol. The fourth-order valence-corrected chi connectivity index (χ4v) is 11.0. The van der Waals surface area contributed by atoms with Crippen molar-refractivity contribution in [2.45, 2.75) is 22.6 Å². The fourth-order valence-electron chi connectivity index (χ4n) is 7.75. The predicted octanol–water partition coefficient (Wildman–Crippen LogP) is 6.23. The van der Waals surface area contributed by atoms with Crippen LogP contribution < -0.4 is 9.77 Å². The monoisotopic (exact) mass is 570 g/mol. The minimum absolute atomic E-state index is 0.00760. The molecule has 2 aliphatic carbocycles. The Labute approximate surface area is 238 Å². The van der Waals surface area contributed by atoms with E-state index in [0.29, 0.717) is 10.7 Å². The number of hydrogen-bond acceptors (Lipinski definition) is 5. The third-order valence-electron chi connectivity index (χ3n) is 9.13. The minimum atomic E-state index is -0.319. The molecule has 4 aliphatic rings. The summed E-state index contributed by atoms with van der Waals surface area (Å²) in [5.74, 6) is -0.447. The first-order valence-corrected chi connectivity index (χ1v) is 15.3. The van der Waals surface area contributed by atoms with Crippen LogP contribution >= 0.6 is 34.7 Å². The molecule has 39 heavy (non-hydrogen) atoms. The summed E-state index contributed by atoms with van der Waals surface area (Å²) < 4.78 is 1.85. The van der Waals surface area contributed by atoms with Crippen molar-refractivity contribution in [1.82, 2.24) is 4.57 Å². The molecular formula is C31H23ClN2O3S2. The molecule has 3 aromatic carbocycles. The maximum absolute atomic E-state index is 13.9. The molecule has 0 spiro atoms. The molecule has 1 saturated heterocycles. The van der Waals surface area contributed by atoms with E-state index in [1.54, 1.807) is 36.0 Å². The van der Waals surface area contributed by atoms with Gasteiger partial charge in [-0.2, -0.15) is 0 Å². The molecule has 0 N–H and O–H groups in total. The molecule has 2 amide bonds. The molecule has 2 bridgehead atoms. The lowest BCUT2D eigenvalue weighted by Gasteiger charge is -2.43. The van der Waals surface area contributed by atoms with Crippen LogP contribution in [-0.2, 0) is 9.59 Å². The van der Waals surface area contributed by atoms with Gasteiger partial charge in [-0.15, -0.1) is 11.8 Å². The van der Waals surface area contributed by atoms with Gasteiger partial charge < -0.3 is 0 Å². The largest absolute Gasteiger partial charge is 0.312 e. The average molecular weight is 571 g/mol. The third-order valence-corrected chi connectivity index (χ3v) is 12.1. The highest BCUT2D eigenvalue weighted by molar-refractivity contribution is 8.00. The van der Waals surface area contributed by atoms with E-state index in [0.717, 1.165) is 22.0 Å². The van der Waals surface area contributed by atoms with E-state index in [1.807, 2.05) is 53.1 Å². The van der Waals surface area contributed by atoms with Crippen molar-refractivity contribution in [2.75, 3.05) is 4.90 Å². The maximum atomic E-state index is 13.9. The number of nitrogens with zero attached hydrogens (tertiary/aromatic N) is 2. The van der Waals surface area contributed by atoms with E-state index in [4.69, 9.17) is 11.6 Å². The van der Waals surface area contributed by atoms with Crippen LogP contribution in [0.5, 0.6) is 0 Å². The minimum Gasteiger partial charge on any atom is -0.274 e. The van der Waals surface area contributed by atoms with E-state index in [9.17, 15) is 14.4 Å². The Balaban J connectivity index is 1.26. The van der Waals surface area contributed by atoms with Gasteiger partial charge in [0.05, 0.1) is 28.2 Å². The summed E-state index contributed by atoms with van der Waals surface area (Å²) in [6.07, 6.45) is 0.872. The predicted molar refractivity (Wildman–Crippen MR) is 154 cm³/mol. The Bertz CT molecular complexity index is 1680. The van der Waals surface area contributed by atoms with Crippen molar-refractivity contribution >= 4 is 52.2 Å². The Morgan fingerprint density at radius 2 is 1.38 bits per heavy atom. The van der Waals surface area contributed by atoms with Crippen LogP contribution in [0.15, 0.2) is 94.7 Å². The molecule has 2 saturated carbocycles. The van der Waals surface area contributed by atoms with Gasteiger partial charge in [0.1, 0.15) is 0 Å². The summed E-state index contributed by atoms with van der Waals surface area (Å²) in [5.41, 5.74) is 2.63. The van der Waals surface area contributed by atoms with E-state index in [1.165, 1.54) is 21.8 Å². The molecule has 3 heterocycles. The van der Waals surface area contributed by atoms with Gasteiger partial charge >= 0.3 is 4.87 Å². The summed E-state index contributed by atoms with van der Waals surface area (Å²) >= 11 is 9.17. The number of carbonyl (C=O) groups excluding carboxylic acids is 2. The normalized spacial score (nSPS) is 30.4. The van der Waals surface area contributed by atoms with Crippen LogP contribution in [0.1, 0.15) is 22.8 Å². The van der Waals surface area contributed by atoms with Gasteiger partial charge in [0.2, 0.25) is 11.8 Å². The number of hydrogen-bond donors (Lipinski definition) is 0. The molecule has 0 unspecified atom stereocenters. The van der Waals surface area contributed by atoms with Gasteiger partial charge in [-0.25, -0.2) is 0 Å². The maximum Gasteiger partial charge on any atom is 0.312 e. The molecule has 1 aromatic heterocycles. The Morgan fingerprint density at radius 3 is 2.08 bits per heavy atom. The number of carbonyl (C=O) groups is 2. The van der Waals surface area contributed by atoms with Crippen molar-refractivity contribution in [2.24, 2.45) is 29.6 Å². The second-order valence-electron chi connectivity index (χ2n) is 10.9. The highest BCUT2D eigenvalue weighted by Gasteiger charge is 2.69. The van der Waals surface area contributed by atoms with E-state index in [2.05, 4.69) is 12.1 Å². The first kappa shape index (κ1) is 23.7. The number of anilines is 1. The molecule has 7 atom stereocenters. The Hall–Kier alpha value is -3.13. The molecule has 5 nitrogen and oxygen atoms in total. The number of halogens is 1. The molecule has 4 aromatic rings. The zero-order valence-corrected chi connectivity index (χ0v) is 23.0. The zero-order valence-electron chi connectivity index (χ0n) is 20.6. The van der Waals surface area contributed by atoms with E-state index in [-0.39, 0.29) is 57.4 Å². The lowest BCUT2D eigenvalue weighted by molar-refractivity contribution is -0.123. The number of aromatic nitrogens is 1. The molecule has 194 valence electrons. The first-order chi connectivity index (χ1) is 19.0. The van der Waals surface area contributed by atoms with Crippen molar-refractivity contribution < 1.29 is 9.59 Å². The number of para-hydroxylation sites is 1. The summed E-state index contributed by atoms with van der Waals surface area (Å²) in [5, 5.41) is 1.71. The summed E-state index contributed by atoms with van der Waals surface area (Å²) in [7, 11) is 0. The lowest BCUT2D eigenvalue weighted by Crippen LogP contribution is -2.43. The standard InChI is InChI=1S/C31H23ClN2O3S2/c32-17-11-13-19(14-12-17)33-28(35)24-20-15-21(25(24)29(33)36)26-23(20)22(16-7-3-1-4-8-16)27-30(38-26)34(31(37)39-27)18-9-5-2-6-10-18/h1-14,20-26H,15H2/t20-,21-,22-,23-,24+,25-,26+/m1/s1. The fraction of sp³-hybridized carbons (Fsp3) is 0.258. The average Bonchev–Trinajstić information content (AvgIpc) is 3.68. The van der Waals surface area contributed by atoms with Crippen molar-refractivity contribution in [1.29, 1.82) is 0 Å². The van der Waals surface area contributed by atoms with E-state index >= 15 is 0 Å². The number of imide groups is 1. The highest BCUT2D eigenvalue weighted by atomic mass is 35.5. The molecule has 8 rings (SSSR count). The molecule has 2 aliphatic heterocycles. The lowest BCUT2D eigenvalue weighted by atomic mass is 9.68. The molecule has 0 radical (unpaired) electrons. The second kappa shape index (κ2) is 8.68. The second-order valence-corrected chi connectivity index (χ2v) is 13.5. The van der Waals surface area contributed by atoms with Gasteiger partial charge in [0.25, 0.3) is 0 Å². The molecule has 8 heteroatoms. The van der Waals surface area contributed by atoms with Gasteiger partial charge in [0.15, 0.2) is 0 Å². The van der Waals surface area contributed by atoms with Crippen LogP contribution in [0.3, 0.4) is 0 Å². The van der Waals surface area contributed by atoms with Crippen LogP contribution in [0.2, 0.25) is 5.02 Å². The molecule has 3 fully saturated rings. The number of amides is 2. The topological polar surface area (TPSA) is 59.4 Å². The highest BCUT2D eigenvalue weighted by Crippen LogP contribution is 2.69. The number of thioether (sulfide) groups is 1. The van der Waals surface area contributed by atoms with Crippen molar-refractivity contribution in [3.05, 3.63) is 110 Å². The number of rotatable bonds is 3. The van der Waals surface area contributed by atoms with Gasteiger partial charge in [-0.3, -0.25) is 23.9 Å². The van der Waals surface area contributed by atoms with Crippen LogP contribution in [0.25, 0.3) is 5.69 Å². The van der Waals surface area contributed by atoms with Crippen LogP contribution in [0, 0.1) is 29.6 Å². The van der Waals surface area contributed by atoms with Crippen molar-refractivity contribution in [3.8, 4) is 5.69 Å². The Kier molecular flexibility index (Phi) is 5.28. The van der Waals surface area contributed by atoms with Gasteiger partial charge in [0, 0.05) is 21.1 Å². The van der Waals surface area contributed by atoms with E-state index < -0.39 is 0 Å². The summed E-state index contributed by atoms with van der Waals surface area (Å²) in [4.78, 5) is 43.7. The quantitative estimate of drug-likeness (QED) is 0.274. The van der Waals surface area contributed by atoms with Crippen LogP contribution in [0.4, 0.5) is 5.69 Å². The summed E-state index contributed by atoms with van der Waals surface area (Å²) in [6.45, 7) is 0. The number of thiazole rings is 1. The third kappa shape index (κ3) is 3.30. The van der Waals surface area contributed by atoms with Crippen LogP contribution in [-0.4, -0.2) is 21.6 Å². The zero-order chi connectivity index (χ0) is 26.4. The SMILES string of the molecule is O=C1[C@@H]2[C@H]3C[C@@H]([C@@H]2C(=O)N1c1ccc(Cl)cc1)[C@@H]1[C@@H](c2ccccc2)c2sc(=O)n(-c4ccccc4)c2S[C@@H]31. The number of fused-ring (bicyclic) bond motifs is 9. The number of benzene rings is 3. The summed E-state index contributed by atoms with van der Waals surface area (Å²) in [6, 6.07) is 27.1. The van der Waals surface area contributed by atoms with Gasteiger partial charge in [-0.05, 0) is 66.1 Å². The smallest absolute Gasteiger partial charge is 0.274 e. The van der Waals surface area contributed by atoms with Gasteiger partial charge in [-0.1, -0.05) is 71.5 Å². The Morgan fingerprint density at radius 1 is 0.744 bits per heavy atom.